The van der Waals surface area contributed by atoms with E-state index in [4.69, 9.17) is 0 Å². The maximum Gasteiger partial charge on any atom is 0.315 e. The Labute approximate surface area is 76.6 Å². The van der Waals surface area contributed by atoms with Gasteiger partial charge < -0.3 is 16.0 Å². The normalized spacial score (nSPS) is 20.4. The zero-order valence-corrected chi connectivity index (χ0v) is 7.52. The summed E-state index contributed by atoms with van der Waals surface area (Å²) < 4.78 is 0. The van der Waals surface area contributed by atoms with Crippen molar-refractivity contribution in [3.8, 4) is 0 Å². The molecule has 0 bridgehead atoms. The molecule has 1 atom stereocenters. The molecule has 1 saturated heterocycles. The van der Waals surface area contributed by atoms with Crippen molar-refractivity contribution in [3.05, 3.63) is 12.2 Å². The number of carbonyl (C=O) groups is 2. The van der Waals surface area contributed by atoms with Gasteiger partial charge in [0, 0.05) is 13.1 Å². The van der Waals surface area contributed by atoms with Crippen LogP contribution in [0.3, 0.4) is 0 Å². The topological polar surface area (TPSA) is 70.2 Å². The van der Waals surface area contributed by atoms with E-state index in [-0.39, 0.29) is 11.9 Å². The Hall–Kier alpha value is -1.52. The first-order chi connectivity index (χ1) is 6.09. The molecule has 1 aliphatic rings. The summed E-state index contributed by atoms with van der Waals surface area (Å²) in [6.45, 7) is 6.27. The number of rotatable bonds is 3. The summed E-state index contributed by atoms with van der Waals surface area (Å²) in [4.78, 5) is 22.0. The van der Waals surface area contributed by atoms with Crippen molar-refractivity contribution in [2.24, 2.45) is 0 Å². The monoisotopic (exact) mass is 183 g/mol. The molecule has 0 saturated carbocycles. The third kappa shape index (κ3) is 2.77. The van der Waals surface area contributed by atoms with Crippen LogP contribution >= 0.6 is 0 Å². The summed E-state index contributed by atoms with van der Waals surface area (Å²) in [5.41, 5.74) is 0.880. The minimum absolute atomic E-state index is 0.179. The van der Waals surface area contributed by atoms with Crippen LogP contribution in [-0.4, -0.2) is 31.1 Å². The van der Waals surface area contributed by atoms with Gasteiger partial charge in [-0.1, -0.05) is 12.2 Å². The number of carbonyl (C=O) groups excluding carboxylic acids is 2. The SMILES string of the molecule is C=C(C)CNC(=O)C1CNC(=O)N1. The van der Waals surface area contributed by atoms with E-state index in [1.807, 2.05) is 6.92 Å². The van der Waals surface area contributed by atoms with E-state index in [1.54, 1.807) is 0 Å². The zero-order chi connectivity index (χ0) is 9.84. The zero-order valence-electron chi connectivity index (χ0n) is 7.52. The predicted octanol–water partition coefficient (Wildman–Crippen LogP) is -0.640. The van der Waals surface area contributed by atoms with E-state index >= 15 is 0 Å². The molecule has 13 heavy (non-hydrogen) atoms. The first-order valence-electron chi connectivity index (χ1n) is 4.06. The minimum Gasteiger partial charge on any atom is -0.351 e. The molecular formula is C8H13N3O2. The van der Waals surface area contributed by atoms with Crippen LogP contribution in [-0.2, 0) is 4.79 Å². The molecule has 1 unspecified atom stereocenters. The maximum atomic E-state index is 11.3. The van der Waals surface area contributed by atoms with Crippen LogP contribution < -0.4 is 16.0 Å². The van der Waals surface area contributed by atoms with E-state index < -0.39 is 6.04 Å². The Balaban J connectivity index is 2.31. The second-order valence-electron chi connectivity index (χ2n) is 3.08. The maximum absolute atomic E-state index is 11.3. The molecule has 0 radical (unpaired) electrons. The lowest BCUT2D eigenvalue weighted by Gasteiger charge is -2.09. The Bertz CT molecular complexity index is 250. The number of nitrogens with one attached hydrogen (secondary N) is 3. The van der Waals surface area contributed by atoms with Gasteiger partial charge in [0.1, 0.15) is 6.04 Å². The molecular weight excluding hydrogens is 170 g/mol. The molecule has 5 nitrogen and oxygen atoms in total. The van der Waals surface area contributed by atoms with Crippen LogP contribution in [0.25, 0.3) is 0 Å². The first kappa shape index (κ1) is 9.57. The van der Waals surface area contributed by atoms with E-state index in [1.165, 1.54) is 0 Å². The standard InChI is InChI=1S/C8H13N3O2/c1-5(2)3-9-7(12)6-4-10-8(13)11-6/h6H,1,3-4H2,2H3,(H,9,12)(H2,10,11,13). The molecule has 72 valence electrons. The van der Waals surface area contributed by atoms with Crippen molar-refractivity contribution < 1.29 is 9.59 Å². The van der Waals surface area contributed by atoms with Gasteiger partial charge in [0.25, 0.3) is 0 Å². The molecule has 1 rings (SSSR count). The molecule has 3 N–H and O–H groups in total. The van der Waals surface area contributed by atoms with Crippen molar-refractivity contribution in [2.45, 2.75) is 13.0 Å². The summed E-state index contributed by atoms with van der Waals surface area (Å²) in [5, 5.41) is 7.64. The molecule has 1 heterocycles. The van der Waals surface area contributed by atoms with E-state index in [0.717, 1.165) is 5.57 Å². The number of amides is 3. The van der Waals surface area contributed by atoms with E-state index in [0.29, 0.717) is 13.1 Å². The van der Waals surface area contributed by atoms with Crippen molar-refractivity contribution in [1.82, 2.24) is 16.0 Å². The highest BCUT2D eigenvalue weighted by molar-refractivity contribution is 5.90. The lowest BCUT2D eigenvalue weighted by molar-refractivity contribution is -0.122. The smallest absolute Gasteiger partial charge is 0.315 e. The van der Waals surface area contributed by atoms with Crippen molar-refractivity contribution in [2.75, 3.05) is 13.1 Å². The Kier molecular flexibility index (Phi) is 2.89. The lowest BCUT2D eigenvalue weighted by atomic mass is 10.3. The highest BCUT2D eigenvalue weighted by Crippen LogP contribution is 1.91. The molecule has 3 amide bonds. The molecule has 0 aliphatic carbocycles. The van der Waals surface area contributed by atoms with Crippen molar-refractivity contribution >= 4 is 11.9 Å². The van der Waals surface area contributed by atoms with Crippen molar-refractivity contribution in [3.63, 3.8) is 0 Å². The summed E-state index contributed by atoms with van der Waals surface area (Å²) in [6, 6.07) is -0.748. The molecule has 0 aromatic heterocycles. The van der Waals surface area contributed by atoms with Gasteiger partial charge in [-0.3, -0.25) is 4.79 Å². The second kappa shape index (κ2) is 3.93. The van der Waals surface area contributed by atoms with E-state index in [2.05, 4.69) is 22.5 Å². The fraction of sp³-hybridized carbons (Fsp3) is 0.500. The first-order valence-corrected chi connectivity index (χ1v) is 4.06. The quantitative estimate of drug-likeness (QED) is 0.509. The highest BCUT2D eigenvalue weighted by atomic mass is 16.2. The largest absolute Gasteiger partial charge is 0.351 e. The van der Waals surface area contributed by atoms with Gasteiger partial charge in [-0.25, -0.2) is 4.79 Å². The number of hydrogen-bond donors (Lipinski definition) is 3. The summed E-state index contributed by atoms with van der Waals surface area (Å²) in [7, 11) is 0. The van der Waals surface area contributed by atoms with Gasteiger partial charge in [-0.2, -0.15) is 0 Å². The van der Waals surface area contributed by atoms with E-state index in [9.17, 15) is 9.59 Å². The fourth-order valence-corrected chi connectivity index (χ4v) is 0.975. The van der Waals surface area contributed by atoms with Crippen LogP contribution in [0.1, 0.15) is 6.92 Å². The van der Waals surface area contributed by atoms with Gasteiger partial charge in [0.15, 0.2) is 0 Å². The average molecular weight is 183 g/mol. The Morgan fingerprint density at radius 1 is 1.77 bits per heavy atom. The lowest BCUT2D eigenvalue weighted by Crippen LogP contribution is -2.43. The predicted molar refractivity (Wildman–Crippen MR) is 48.1 cm³/mol. The summed E-state index contributed by atoms with van der Waals surface area (Å²) in [5.74, 6) is -0.179. The summed E-state index contributed by atoms with van der Waals surface area (Å²) in [6.07, 6.45) is 0. The van der Waals surface area contributed by atoms with Crippen LogP contribution in [0.4, 0.5) is 4.79 Å². The molecule has 0 spiro atoms. The average Bonchev–Trinajstić information content (AvgIpc) is 2.47. The molecule has 0 aromatic rings. The van der Waals surface area contributed by atoms with Gasteiger partial charge in [0.2, 0.25) is 5.91 Å². The van der Waals surface area contributed by atoms with Gasteiger partial charge in [-0.15, -0.1) is 0 Å². The third-order valence-corrected chi connectivity index (χ3v) is 1.65. The van der Waals surface area contributed by atoms with Crippen LogP contribution in [0.2, 0.25) is 0 Å². The highest BCUT2D eigenvalue weighted by Gasteiger charge is 2.25. The molecule has 5 heteroatoms. The second-order valence-corrected chi connectivity index (χ2v) is 3.08. The van der Waals surface area contributed by atoms with Crippen LogP contribution in [0, 0.1) is 0 Å². The number of hydrogen-bond acceptors (Lipinski definition) is 2. The number of urea groups is 1. The minimum atomic E-state index is -0.452. The summed E-state index contributed by atoms with van der Waals surface area (Å²) >= 11 is 0. The third-order valence-electron chi connectivity index (χ3n) is 1.65. The van der Waals surface area contributed by atoms with Crippen LogP contribution in [0.5, 0.6) is 0 Å². The Morgan fingerprint density at radius 2 is 2.46 bits per heavy atom. The van der Waals surface area contributed by atoms with Gasteiger partial charge in [0.05, 0.1) is 0 Å². The molecule has 0 aromatic carbocycles. The van der Waals surface area contributed by atoms with Gasteiger partial charge >= 0.3 is 6.03 Å². The van der Waals surface area contributed by atoms with Gasteiger partial charge in [-0.05, 0) is 6.92 Å². The molecule has 1 fully saturated rings. The molecule has 1 aliphatic heterocycles. The fourth-order valence-electron chi connectivity index (χ4n) is 0.975. The van der Waals surface area contributed by atoms with Crippen molar-refractivity contribution in [1.29, 1.82) is 0 Å². The van der Waals surface area contributed by atoms with Crippen LogP contribution in [0.15, 0.2) is 12.2 Å². The Morgan fingerprint density at radius 3 is 2.92 bits per heavy atom.